The molecule has 3 rings (SSSR count). The summed E-state index contributed by atoms with van der Waals surface area (Å²) >= 11 is 3.46. The molecule has 1 aliphatic rings. The van der Waals surface area contributed by atoms with Gasteiger partial charge in [-0.2, -0.15) is 0 Å². The fourth-order valence-electron chi connectivity index (χ4n) is 2.61. The molecule has 0 atom stereocenters. The average molecular weight is 348 g/mol. The second-order valence-corrected chi connectivity index (χ2v) is 7.63. The van der Waals surface area contributed by atoms with E-state index in [-0.39, 0.29) is 5.91 Å². The van der Waals surface area contributed by atoms with E-state index in [1.165, 1.54) is 4.90 Å². The van der Waals surface area contributed by atoms with Crippen LogP contribution in [-0.4, -0.2) is 29.1 Å². The number of benzene rings is 1. The van der Waals surface area contributed by atoms with Gasteiger partial charge >= 0.3 is 0 Å². The first-order valence-corrected chi connectivity index (χ1v) is 9.82. The first-order valence-electron chi connectivity index (χ1n) is 7.68. The van der Waals surface area contributed by atoms with Crippen molar-refractivity contribution >= 4 is 35.1 Å². The van der Waals surface area contributed by atoms with E-state index >= 15 is 0 Å². The minimum Gasteiger partial charge on any atom is -0.361 e. The lowest BCUT2D eigenvalue weighted by Gasteiger charge is -2.22. The predicted octanol–water partition coefficient (Wildman–Crippen LogP) is 4.05. The molecule has 1 aliphatic heterocycles. The molecule has 0 saturated heterocycles. The van der Waals surface area contributed by atoms with E-state index in [9.17, 15) is 4.79 Å². The summed E-state index contributed by atoms with van der Waals surface area (Å²) < 4.78 is 5.17. The van der Waals surface area contributed by atoms with Gasteiger partial charge in [0, 0.05) is 22.8 Å². The summed E-state index contributed by atoms with van der Waals surface area (Å²) in [4.78, 5) is 15.8. The number of fused-ring (bicyclic) bond motifs is 1. The number of hydrogen-bond acceptors (Lipinski definition) is 5. The highest BCUT2D eigenvalue weighted by Crippen LogP contribution is 2.34. The Hall–Kier alpha value is -1.40. The average Bonchev–Trinajstić information content (AvgIpc) is 2.77. The summed E-state index contributed by atoms with van der Waals surface area (Å²) in [6.45, 7) is 4.66. The standard InChI is InChI=1S/C17H20N2O2S2/c1-12-14(13(2)21-18-12)10-22-11-17(20)19-8-5-9-23-16-7-4-3-6-15(16)19/h3-4,6-7H,5,8-11H2,1-2H3. The van der Waals surface area contributed by atoms with Crippen molar-refractivity contribution in [1.29, 1.82) is 0 Å². The van der Waals surface area contributed by atoms with Gasteiger partial charge in [0.15, 0.2) is 0 Å². The number of para-hydroxylation sites is 1. The van der Waals surface area contributed by atoms with Crippen molar-refractivity contribution in [2.24, 2.45) is 0 Å². The maximum atomic E-state index is 12.7. The van der Waals surface area contributed by atoms with E-state index in [1.54, 1.807) is 11.8 Å². The highest BCUT2D eigenvalue weighted by atomic mass is 32.2. The van der Waals surface area contributed by atoms with Crippen LogP contribution < -0.4 is 4.90 Å². The van der Waals surface area contributed by atoms with E-state index in [4.69, 9.17) is 4.52 Å². The van der Waals surface area contributed by atoms with Crippen LogP contribution in [0.2, 0.25) is 0 Å². The van der Waals surface area contributed by atoms with Crippen LogP contribution in [0.4, 0.5) is 5.69 Å². The normalized spacial score (nSPS) is 14.4. The van der Waals surface area contributed by atoms with E-state index in [1.807, 2.05) is 48.7 Å². The van der Waals surface area contributed by atoms with Crippen molar-refractivity contribution in [3.05, 3.63) is 41.3 Å². The third-order valence-electron chi connectivity index (χ3n) is 3.89. The Morgan fingerprint density at radius 3 is 3.00 bits per heavy atom. The fraction of sp³-hybridized carbons (Fsp3) is 0.412. The lowest BCUT2D eigenvalue weighted by atomic mass is 10.2. The third kappa shape index (κ3) is 3.75. The van der Waals surface area contributed by atoms with Crippen molar-refractivity contribution in [1.82, 2.24) is 5.16 Å². The van der Waals surface area contributed by atoms with E-state index < -0.39 is 0 Å². The van der Waals surface area contributed by atoms with Crippen LogP contribution in [0.5, 0.6) is 0 Å². The largest absolute Gasteiger partial charge is 0.361 e. The van der Waals surface area contributed by atoms with Gasteiger partial charge in [-0.05, 0) is 38.2 Å². The maximum Gasteiger partial charge on any atom is 0.237 e. The molecule has 0 saturated carbocycles. The number of anilines is 1. The topological polar surface area (TPSA) is 46.3 Å². The minimum absolute atomic E-state index is 0.178. The van der Waals surface area contributed by atoms with Crippen LogP contribution in [0.15, 0.2) is 33.7 Å². The molecule has 2 aromatic rings. The van der Waals surface area contributed by atoms with Crippen molar-refractivity contribution in [2.75, 3.05) is 23.0 Å². The third-order valence-corrected chi connectivity index (χ3v) is 5.99. The quantitative estimate of drug-likeness (QED) is 0.834. The van der Waals surface area contributed by atoms with Gasteiger partial charge in [-0.3, -0.25) is 4.79 Å². The molecule has 4 nitrogen and oxygen atoms in total. The maximum absolute atomic E-state index is 12.7. The molecule has 0 unspecified atom stereocenters. The van der Waals surface area contributed by atoms with Gasteiger partial charge < -0.3 is 9.42 Å². The Morgan fingerprint density at radius 1 is 1.39 bits per heavy atom. The molecule has 122 valence electrons. The highest BCUT2D eigenvalue weighted by molar-refractivity contribution is 7.99. The van der Waals surface area contributed by atoms with Gasteiger partial charge in [0.2, 0.25) is 5.91 Å². The Labute approximate surface area is 145 Å². The van der Waals surface area contributed by atoms with Gasteiger partial charge in [-0.25, -0.2) is 0 Å². The summed E-state index contributed by atoms with van der Waals surface area (Å²) in [5, 5.41) is 3.96. The van der Waals surface area contributed by atoms with Gasteiger partial charge in [-0.1, -0.05) is 17.3 Å². The second-order valence-electron chi connectivity index (χ2n) is 5.51. The molecule has 1 amide bonds. The summed E-state index contributed by atoms with van der Waals surface area (Å²) in [5.74, 6) is 3.32. The van der Waals surface area contributed by atoms with E-state index in [0.717, 1.165) is 47.2 Å². The number of carbonyl (C=O) groups is 1. The monoisotopic (exact) mass is 348 g/mol. The first-order chi connectivity index (χ1) is 11.2. The second kappa shape index (κ2) is 7.45. The Balaban J connectivity index is 1.64. The van der Waals surface area contributed by atoms with Gasteiger partial charge in [-0.15, -0.1) is 23.5 Å². The number of aryl methyl sites for hydroxylation is 2. The molecule has 1 aromatic heterocycles. The Morgan fingerprint density at radius 2 is 2.22 bits per heavy atom. The molecular formula is C17H20N2O2S2. The zero-order valence-corrected chi connectivity index (χ0v) is 15.0. The number of hydrogen-bond donors (Lipinski definition) is 0. The van der Waals surface area contributed by atoms with Gasteiger partial charge in [0.1, 0.15) is 5.76 Å². The molecule has 0 aliphatic carbocycles. The Bertz CT molecular complexity index is 680. The Kier molecular flexibility index (Phi) is 5.33. The van der Waals surface area contributed by atoms with E-state index in [2.05, 4.69) is 11.2 Å². The summed E-state index contributed by atoms with van der Waals surface area (Å²) in [7, 11) is 0. The molecule has 0 radical (unpaired) electrons. The molecule has 23 heavy (non-hydrogen) atoms. The summed E-state index contributed by atoms with van der Waals surface area (Å²) in [6, 6.07) is 8.18. The van der Waals surface area contributed by atoms with Crippen LogP contribution in [0.1, 0.15) is 23.4 Å². The lowest BCUT2D eigenvalue weighted by Crippen LogP contribution is -2.33. The van der Waals surface area contributed by atoms with E-state index in [0.29, 0.717) is 5.75 Å². The van der Waals surface area contributed by atoms with Crippen LogP contribution >= 0.6 is 23.5 Å². The first kappa shape index (κ1) is 16.5. The molecular weight excluding hydrogens is 328 g/mol. The minimum atomic E-state index is 0.178. The van der Waals surface area contributed by atoms with Crippen molar-refractivity contribution in [3.8, 4) is 0 Å². The number of carbonyl (C=O) groups excluding carboxylic acids is 1. The van der Waals surface area contributed by atoms with Crippen molar-refractivity contribution in [2.45, 2.75) is 30.9 Å². The van der Waals surface area contributed by atoms with Crippen LogP contribution in [-0.2, 0) is 10.5 Å². The molecule has 0 spiro atoms. The number of rotatable bonds is 4. The SMILES string of the molecule is Cc1noc(C)c1CSCC(=O)N1CCCSc2ccccc21. The molecule has 6 heteroatoms. The van der Waals surface area contributed by atoms with Crippen LogP contribution in [0.25, 0.3) is 0 Å². The van der Waals surface area contributed by atoms with Gasteiger partial charge in [0.25, 0.3) is 0 Å². The van der Waals surface area contributed by atoms with Crippen LogP contribution in [0, 0.1) is 13.8 Å². The zero-order chi connectivity index (χ0) is 16.2. The van der Waals surface area contributed by atoms with Crippen LogP contribution in [0.3, 0.4) is 0 Å². The van der Waals surface area contributed by atoms with Gasteiger partial charge in [0.05, 0.1) is 17.1 Å². The summed E-state index contributed by atoms with van der Waals surface area (Å²) in [6.07, 6.45) is 1.03. The molecule has 0 fully saturated rings. The molecule has 0 bridgehead atoms. The smallest absolute Gasteiger partial charge is 0.237 e. The number of amides is 1. The highest BCUT2D eigenvalue weighted by Gasteiger charge is 2.21. The van der Waals surface area contributed by atoms with Crippen molar-refractivity contribution in [3.63, 3.8) is 0 Å². The number of nitrogens with zero attached hydrogens (tertiary/aromatic N) is 2. The molecule has 1 aromatic carbocycles. The summed E-state index contributed by atoms with van der Waals surface area (Å²) in [5.41, 5.74) is 3.08. The predicted molar refractivity (Wildman–Crippen MR) is 96.3 cm³/mol. The number of thioether (sulfide) groups is 2. The fourth-order valence-corrected chi connectivity index (χ4v) is 4.66. The molecule has 0 N–H and O–H groups in total. The van der Waals surface area contributed by atoms with Crippen molar-refractivity contribution < 1.29 is 9.32 Å². The number of aromatic nitrogens is 1. The molecule has 2 heterocycles. The zero-order valence-electron chi connectivity index (χ0n) is 13.4. The lowest BCUT2D eigenvalue weighted by molar-refractivity contribution is -0.116.